The average Bonchev–Trinajstić information content (AvgIpc) is 3.25. The maximum atomic E-state index is 12.6. The van der Waals surface area contributed by atoms with Crippen molar-refractivity contribution in [1.29, 1.82) is 0 Å². The van der Waals surface area contributed by atoms with Crippen LogP contribution in [0.2, 0.25) is 0 Å². The predicted molar refractivity (Wildman–Crippen MR) is 116 cm³/mol. The number of amides is 1. The number of carbonyl (C=O) groups is 1. The van der Waals surface area contributed by atoms with Gasteiger partial charge in [0, 0.05) is 50.5 Å². The van der Waals surface area contributed by atoms with E-state index in [0.717, 1.165) is 43.9 Å². The number of furan rings is 1. The molecule has 1 aromatic heterocycles. The zero-order valence-electron chi connectivity index (χ0n) is 16.8. The van der Waals surface area contributed by atoms with E-state index < -0.39 is 0 Å². The lowest BCUT2D eigenvalue weighted by Crippen LogP contribution is -2.48. The molecular formula is C24H27N3O2. The molecule has 4 rings (SSSR count). The Kier molecular flexibility index (Phi) is 5.96. The second-order valence-electron chi connectivity index (χ2n) is 7.45. The van der Waals surface area contributed by atoms with E-state index in [1.54, 1.807) is 6.26 Å². The van der Waals surface area contributed by atoms with Crippen molar-refractivity contribution in [3.63, 3.8) is 0 Å². The summed E-state index contributed by atoms with van der Waals surface area (Å²) in [5, 5.41) is 3.00. The minimum absolute atomic E-state index is 0.160. The fraction of sp³-hybridized carbons (Fsp3) is 0.292. The van der Waals surface area contributed by atoms with Gasteiger partial charge in [0.15, 0.2) is 5.76 Å². The summed E-state index contributed by atoms with van der Waals surface area (Å²) in [6, 6.07) is 20.3. The number of piperazine rings is 1. The smallest absolute Gasteiger partial charge is 0.287 e. The lowest BCUT2D eigenvalue weighted by molar-refractivity contribution is 0.0921. The molecule has 0 radical (unpaired) electrons. The first kappa shape index (κ1) is 19.3. The molecule has 5 heteroatoms. The topological polar surface area (TPSA) is 48.7 Å². The molecule has 2 heterocycles. The first-order chi connectivity index (χ1) is 14.2. The van der Waals surface area contributed by atoms with Gasteiger partial charge in [0.1, 0.15) is 0 Å². The first-order valence-electron chi connectivity index (χ1n) is 10.2. The van der Waals surface area contributed by atoms with E-state index in [1.807, 2.05) is 36.4 Å². The van der Waals surface area contributed by atoms with Gasteiger partial charge in [-0.3, -0.25) is 9.69 Å². The lowest BCUT2D eigenvalue weighted by Gasteiger charge is -2.36. The Labute approximate surface area is 171 Å². The molecule has 0 aliphatic carbocycles. The van der Waals surface area contributed by atoms with E-state index in [9.17, 15) is 4.79 Å². The monoisotopic (exact) mass is 389 g/mol. The van der Waals surface area contributed by atoms with E-state index in [4.69, 9.17) is 4.42 Å². The van der Waals surface area contributed by atoms with Crippen molar-refractivity contribution in [1.82, 2.24) is 10.2 Å². The van der Waals surface area contributed by atoms with Crippen LogP contribution < -0.4 is 10.2 Å². The molecule has 1 fully saturated rings. The van der Waals surface area contributed by atoms with E-state index in [-0.39, 0.29) is 5.91 Å². The van der Waals surface area contributed by atoms with Crippen molar-refractivity contribution >= 4 is 11.6 Å². The molecule has 1 aliphatic heterocycles. The van der Waals surface area contributed by atoms with Gasteiger partial charge in [0.2, 0.25) is 0 Å². The molecule has 0 bridgehead atoms. The van der Waals surface area contributed by atoms with Crippen LogP contribution in [0.5, 0.6) is 0 Å². The summed E-state index contributed by atoms with van der Waals surface area (Å²) in [7, 11) is 0. The number of carbonyl (C=O) groups excluding carboxylic acids is 1. The molecule has 1 saturated heterocycles. The standard InChI is InChI=1S/C24H27N3O2/c1-19-6-5-9-21(18-19)27-15-13-26(14-16-27)12-11-25-24(28)23-22(10-17-29-23)20-7-3-2-4-8-20/h2-10,17-18H,11-16H2,1H3,(H,25,28). The van der Waals surface area contributed by atoms with Gasteiger partial charge in [-0.15, -0.1) is 0 Å². The van der Waals surface area contributed by atoms with Crippen LogP contribution >= 0.6 is 0 Å². The molecule has 0 atom stereocenters. The summed E-state index contributed by atoms with van der Waals surface area (Å²) in [5.41, 5.74) is 4.40. The predicted octanol–water partition coefficient (Wildman–Crippen LogP) is 3.81. The molecule has 2 aromatic carbocycles. The molecular weight excluding hydrogens is 362 g/mol. The highest BCUT2D eigenvalue weighted by molar-refractivity contribution is 5.98. The third-order valence-corrected chi connectivity index (χ3v) is 5.41. The Bertz CT molecular complexity index is 944. The number of hydrogen-bond donors (Lipinski definition) is 1. The Balaban J connectivity index is 1.25. The Morgan fingerprint density at radius 2 is 1.79 bits per heavy atom. The van der Waals surface area contributed by atoms with Gasteiger partial charge in [-0.2, -0.15) is 0 Å². The fourth-order valence-corrected chi connectivity index (χ4v) is 3.79. The van der Waals surface area contributed by atoms with Crippen molar-refractivity contribution in [3.05, 3.63) is 78.3 Å². The number of hydrogen-bond acceptors (Lipinski definition) is 4. The Hall–Kier alpha value is -3.05. The maximum Gasteiger partial charge on any atom is 0.287 e. The van der Waals surface area contributed by atoms with E-state index >= 15 is 0 Å². The second kappa shape index (κ2) is 8.97. The quantitative estimate of drug-likeness (QED) is 0.697. The fourth-order valence-electron chi connectivity index (χ4n) is 3.79. The van der Waals surface area contributed by atoms with Gasteiger partial charge in [0.05, 0.1) is 6.26 Å². The molecule has 1 aliphatic rings. The largest absolute Gasteiger partial charge is 0.459 e. The van der Waals surface area contributed by atoms with Crippen LogP contribution in [0.1, 0.15) is 16.1 Å². The molecule has 29 heavy (non-hydrogen) atoms. The zero-order chi connectivity index (χ0) is 20.1. The van der Waals surface area contributed by atoms with Crippen molar-refractivity contribution in [2.75, 3.05) is 44.2 Å². The highest BCUT2D eigenvalue weighted by atomic mass is 16.3. The molecule has 150 valence electrons. The maximum absolute atomic E-state index is 12.6. The Morgan fingerprint density at radius 1 is 1.00 bits per heavy atom. The van der Waals surface area contributed by atoms with Crippen molar-refractivity contribution in [2.45, 2.75) is 6.92 Å². The number of aryl methyl sites for hydroxylation is 1. The summed E-state index contributed by atoms with van der Waals surface area (Å²) in [5.74, 6) is 0.215. The highest BCUT2D eigenvalue weighted by Gasteiger charge is 2.19. The minimum Gasteiger partial charge on any atom is -0.459 e. The van der Waals surface area contributed by atoms with Crippen molar-refractivity contribution in [2.24, 2.45) is 0 Å². The van der Waals surface area contributed by atoms with Gasteiger partial charge in [-0.05, 0) is 36.2 Å². The summed E-state index contributed by atoms with van der Waals surface area (Å²) < 4.78 is 5.46. The van der Waals surface area contributed by atoms with Gasteiger partial charge in [0.25, 0.3) is 5.91 Å². The van der Waals surface area contributed by atoms with Crippen molar-refractivity contribution in [3.8, 4) is 11.1 Å². The van der Waals surface area contributed by atoms with Crippen LogP contribution in [0.25, 0.3) is 11.1 Å². The average molecular weight is 389 g/mol. The first-order valence-corrected chi connectivity index (χ1v) is 10.2. The van der Waals surface area contributed by atoms with Gasteiger partial charge < -0.3 is 14.6 Å². The summed E-state index contributed by atoms with van der Waals surface area (Å²) in [6.45, 7) is 7.60. The SMILES string of the molecule is Cc1cccc(N2CCN(CCNC(=O)c3occc3-c3ccccc3)CC2)c1. The third-order valence-electron chi connectivity index (χ3n) is 5.41. The highest BCUT2D eigenvalue weighted by Crippen LogP contribution is 2.24. The number of benzene rings is 2. The van der Waals surface area contributed by atoms with Gasteiger partial charge >= 0.3 is 0 Å². The third kappa shape index (κ3) is 4.69. The molecule has 0 spiro atoms. The Morgan fingerprint density at radius 3 is 2.55 bits per heavy atom. The molecule has 0 unspecified atom stereocenters. The normalized spacial score (nSPS) is 14.7. The second-order valence-corrected chi connectivity index (χ2v) is 7.45. The summed E-state index contributed by atoms with van der Waals surface area (Å²) >= 11 is 0. The summed E-state index contributed by atoms with van der Waals surface area (Å²) in [6.07, 6.45) is 1.57. The van der Waals surface area contributed by atoms with Crippen molar-refractivity contribution < 1.29 is 9.21 Å². The number of nitrogens with one attached hydrogen (secondary N) is 1. The molecule has 5 nitrogen and oxygen atoms in total. The minimum atomic E-state index is -0.160. The van der Waals surface area contributed by atoms with Crippen LogP contribution in [0, 0.1) is 6.92 Å². The van der Waals surface area contributed by atoms with Crippen LogP contribution in [0.15, 0.2) is 71.3 Å². The molecule has 1 amide bonds. The van der Waals surface area contributed by atoms with Gasteiger partial charge in [-0.1, -0.05) is 42.5 Å². The van der Waals surface area contributed by atoms with E-state index in [1.165, 1.54) is 11.3 Å². The number of anilines is 1. The number of rotatable bonds is 6. The van der Waals surface area contributed by atoms with Gasteiger partial charge in [-0.25, -0.2) is 0 Å². The van der Waals surface area contributed by atoms with Crippen LogP contribution in [-0.2, 0) is 0 Å². The van der Waals surface area contributed by atoms with Crippen LogP contribution in [0.4, 0.5) is 5.69 Å². The molecule has 1 N–H and O–H groups in total. The molecule has 3 aromatic rings. The van der Waals surface area contributed by atoms with Crippen LogP contribution in [-0.4, -0.2) is 50.1 Å². The zero-order valence-corrected chi connectivity index (χ0v) is 16.8. The van der Waals surface area contributed by atoms with E-state index in [2.05, 4.69) is 46.3 Å². The van der Waals surface area contributed by atoms with Crippen LogP contribution in [0.3, 0.4) is 0 Å². The molecule has 0 saturated carbocycles. The number of nitrogens with zero attached hydrogens (tertiary/aromatic N) is 2. The lowest BCUT2D eigenvalue weighted by atomic mass is 10.1. The van der Waals surface area contributed by atoms with E-state index in [0.29, 0.717) is 12.3 Å². The summed E-state index contributed by atoms with van der Waals surface area (Å²) in [4.78, 5) is 17.4.